The third-order valence-electron chi connectivity index (χ3n) is 3.62. The summed E-state index contributed by atoms with van der Waals surface area (Å²) in [5.41, 5.74) is 1.27. The fourth-order valence-electron chi connectivity index (χ4n) is 2.26. The van der Waals surface area contributed by atoms with Crippen LogP contribution in [0.1, 0.15) is 25.0 Å². The molecule has 120 valence electrons. The van der Waals surface area contributed by atoms with Crippen molar-refractivity contribution in [2.45, 2.75) is 30.8 Å². The second-order valence-electron chi connectivity index (χ2n) is 5.93. The van der Waals surface area contributed by atoms with Crippen LogP contribution in [-0.4, -0.2) is 14.7 Å². The zero-order valence-corrected chi connectivity index (χ0v) is 14.2. The number of nitrogens with zero attached hydrogens (tertiary/aromatic N) is 1. The summed E-state index contributed by atoms with van der Waals surface area (Å²) in [7, 11) is -3.21. The first-order chi connectivity index (χ1) is 10.7. The lowest BCUT2D eigenvalue weighted by atomic mass is 9.83. The molecule has 0 heterocycles. The molecule has 23 heavy (non-hydrogen) atoms. The first-order valence-corrected chi connectivity index (χ1v) is 9.06. The zero-order valence-electron chi connectivity index (χ0n) is 13.4. The largest absolute Gasteiger partial charge is 0.489 e. The summed E-state index contributed by atoms with van der Waals surface area (Å²) in [6.45, 7) is 4.05. The molecule has 0 aliphatic rings. The van der Waals surface area contributed by atoms with Gasteiger partial charge in [0.05, 0.1) is 16.4 Å². The Morgan fingerprint density at radius 1 is 1.09 bits per heavy atom. The zero-order chi connectivity index (χ0) is 17.1. The average Bonchev–Trinajstić information content (AvgIpc) is 2.52. The minimum absolute atomic E-state index is 0.260. The Balaban J connectivity index is 2.18. The third kappa shape index (κ3) is 4.11. The van der Waals surface area contributed by atoms with E-state index in [-0.39, 0.29) is 4.90 Å². The number of hydrogen-bond donors (Lipinski definition) is 0. The predicted molar refractivity (Wildman–Crippen MR) is 89.0 cm³/mol. The van der Waals surface area contributed by atoms with Crippen molar-refractivity contribution in [1.29, 1.82) is 5.26 Å². The first kappa shape index (κ1) is 17.0. The van der Waals surface area contributed by atoms with Crippen LogP contribution in [0.2, 0.25) is 0 Å². The standard InChI is InChI=1S/C18H19NO3S/c1-18(2,13-19)17-7-5-4-6-14(17)12-22-15-8-10-16(11-9-15)23(3,20)21/h4-11H,12H2,1-3H3. The molecule has 0 radical (unpaired) electrons. The summed E-state index contributed by atoms with van der Waals surface area (Å²) < 4.78 is 28.6. The van der Waals surface area contributed by atoms with Gasteiger partial charge in [-0.1, -0.05) is 24.3 Å². The molecule has 0 saturated carbocycles. The van der Waals surface area contributed by atoms with Gasteiger partial charge < -0.3 is 4.74 Å². The van der Waals surface area contributed by atoms with Crippen LogP contribution >= 0.6 is 0 Å². The average molecular weight is 329 g/mol. The Morgan fingerprint density at radius 2 is 1.70 bits per heavy atom. The van der Waals surface area contributed by atoms with Gasteiger partial charge in [-0.25, -0.2) is 8.42 Å². The van der Waals surface area contributed by atoms with Gasteiger partial charge in [0.1, 0.15) is 12.4 Å². The highest BCUT2D eigenvalue weighted by Gasteiger charge is 2.22. The van der Waals surface area contributed by atoms with Gasteiger partial charge in [-0.3, -0.25) is 0 Å². The van der Waals surface area contributed by atoms with Crippen molar-refractivity contribution in [2.24, 2.45) is 0 Å². The van der Waals surface area contributed by atoms with E-state index in [9.17, 15) is 13.7 Å². The molecule has 0 spiro atoms. The summed E-state index contributed by atoms with van der Waals surface area (Å²) in [5.74, 6) is 0.585. The number of hydrogen-bond acceptors (Lipinski definition) is 4. The Bertz CT molecular complexity index is 831. The third-order valence-corrected chi connectivity index (χ3v) is 4.74. The van der Waals surface area contributed by atoms with Crippen LogP contribution in [0.5, 0.6) is 5.75 Å². The molecule has 2 aromatic rings. The first-order valence-electron chi connectivity index (χ1n) is 7.16. The minimum Gasteiger partial charge on any atom is -0.489 e. The van der Waals surface area contributed by atoms with Gasteiger partial charge in [-0.2, -0.15) is 5.26 Å². The number of nitriles is 1. The Labute approximate surface area is 137 Å². The number of benzene rings is 2. The van der Waals surface area contributed by atoms with Crippen molar-refractivity contribution < 1.29 is 13.2 Å². The molecule has 0 atom stereocenters. The van der Waals surface area contributed by atoms with Crippen molar-refractivity contribution >= 4 is 9.84 Å². The molecule has 0 aliphatic carbocycles. The molecule has 0 amide bonds. The van der Waals surface area contributed by atoms with Gasteiger partial charge in [-0.05, 0) is 49.2 Å². The minimum atomic E-state index is -3.21. The van der Waals surface area contributed by atoms with Crippen molar-refractivity contribution in [3.8, 4) is 11.8 Å². The lowest BCUT2D eigenvalue weighted by molar-refractivity contribution is 0.303. The van der Waals surface area contributed by atoms with Gasteiger partial charge in [0, 0.05) is 6.26 Å². The van der Waals surface area contributed by atoms with E-state index >= 15 is 0 Å². The van der Waals surface area contributed by atoms with Crippen molar-refractivity contribution in [3.63, 3.8) is 0 Å². The van der Waals surface area contributed by atoms with Crippen molar-refractivity contribution in [1.82, 2.24) is 0 Å². The Kier molecular flexibility index (Phi) is 4.76. The van der Waals surface area contributed by atoms with E-state index < -0.39 is 15.3 Å². The summed E-state index contributed by atoms with van der Waals surface area (Å²) in [4.78, 5) is 0.260. The molecular formula is C18H19NO3S. The van der Waals surface area contributed by atoms with E-state index in [1.807, 2.05) is 38.1 Å². The molecular weight excluding hydrogens is 310 g/mol. The summed E-state index contributed by atoms with van der Waals surface area (Å²) in [5, 5.41) is 9.32. The van der Waals surface area contributed by atoms with E-state index in [1.165, 1.54) is 18.4 Å². The Morgan fingerprint density at radius 3 is 2.26 bits per heavy atom. The molecule has 0 bridgehead atoms. The van der Waals surface area contributed by atoms with Crippen LogP contribution in [0.15, 0.2) is 53.4 Å². The predicted octanol–water partition coefficient (Wildman–Crippen LogP) is 3.47. The van der Waals surface area contributed by atoms with Gasteiger partial charge >= 0.3 is 0 Å². The fourth-order valence-corrected chi connectivity index (χ4v) is 2.89. The van der Waals surface area contributed by atoms with Crippen molar-refractivity contribution in [2.75, 3.05) is 6.26 Å². The molecule has 0 N–H and O–H groups in total. The van der Waals surface area contributed by atoms with Gasteiger partial charge in [0.15, 0.2) is 9.84 Å². The lowest BCUT2D eigenvalue weighted by Gasteiger charge is -2.20. The molecule has 0 saturated heterocycles. The van der Waals surface area contributed by atoms with Crippen LogP contribution in [-0.2, 0) is 21.9 Å². The van der Waals surface area contributed by atoms with E-state index in [2.05, 4.69) is 6.07 Å². The lowest BCUT2D eigenvalue weighted by Crippen LogP contribution is -2.17. The van der Waals surface area contributed by atoms with Gasteiger partial charge in [-0.15, -0.1) is 0 Å². The van der Waals surface area contributed by atoms with Crippen molar-refractivity contribution in [3.05, 3.63) is 59.7 Å². The second kappa shape index (κ2) is 6.43. The number of rotatable bonds is 5. The topological polar surface area (TPSA) is 67.2 Å². The molecule has 0 fully saturated rings. The van der Waals surface area contributed by atoms with E-state index in [0.717, 1.165) is 11.1 Å². The van der Waals surface area contributed by atoms with Gasteiger partial charge in [0.25, 0.3) is 0 Å². The number of ether oxygens (including phenoxy) is 1. The monoisotopic (exact) mass is 329 g/mol. The molecule has 0 unspecified atom stereocenters. The van der Waals surface area contributed by atoms with E-state index in [1.54, 1.807) is 12.1 Å². The summed E-state index contributed by atoms with van der Waals surface area (Å²) >= 11 is 0. The maximum absolute atomic E-state index is 11.4. The number of sulfone groups is 1. The van der Waals surface area contributed by atoms with Crippen LogP contribution in [0.3, 0.4) is 0 Å². The molecule has 0 aliphatic heterocycles. The highest BCUT2D eigenvalue weighted by molar-refractivity contribution is 7.90. The highest BCUT2D eigenvalue weighted by atomic mass is 32.2. The van der Waals surface area contributed by atoms with E-state index in [4.69, 9.17) is 4.74 Å². The van der Waals surface area contributed by atoms with Crippen LogP contribution in [0.25, 0.3) is 0 Å². The molecule has 2 aromatic carbocycles. The van der Waals surface area contributed by atoms with Crippen LogP contribution in [0, 0.1) is 11.3 Å². The van der Waals surface area contributed by atoms with Crippen LogP contribution in [0.4, 0.5) is 0 Å². The maximum Gasteiger partial charge on any atom is 0.175 e. The maximum atomic E-state index is 11.4. The fraction of sp³-hybridized carbons (Fsp3) is 0.278. The summed E-state index contributed by atoms with van der Waals surface area (Å²) in [6, 6.07) is 16.3. The second-order valence-corrected chi connectivity index (χ2v) is 7.94. The van der Waals surface area contributed by atoms with E-state index in [0.29, 0.717) is 12.4 Å². The smallest absolute Gasteiger partial charge is 0.175 e. The normalized spacial score (nSPS) is 11.7. The quantitative estimate of drug-likeness (QED) is 0.842. The molecule has 4 nitrogen and oxygen atoms in total. The SMILES string of the molecule is CC(C)(C#N)c1ccccc1COc1ccc(S(C)(=O)=O)cc1. The Hall–Kier alpha value is -2.32. The van der Waals surface area contributed by atoms with Gasteiger partial charge in [0.2, 0.25) is 0 Å². The van der Waals surface area contributed by atoms with Crippen LogP contribution < -0.4 is 4.74 Å². The molecule has 0 aromatic heterocycles. The summed E-state index contributed by atoms with van der Waals surface area (Å²) in [6.07, 6.45) is 1.17. The molecule has 2 rings (SSSR count). The molecule has 5 heteroatoms. The highest BCUT2D eigenvalue weighted by Crippen LogP contribution is 2.27.